The Hall–Kier alpha value is -2.10. The highest BCUT2D eigenvalue weighted by atomic mass is 35.5. The number of carboxylic acids is 1. The number of carbonyl (C=O) groups excluding carboxylic acids is 1. The van der Waals surface area contributed by atoms with Gasteiger partial charge in [-0.3, -0.25) is 4.79 Å². The molecule has 0 saturated carbocycles. The Morgan fingerprint density at radius 1 is 1.00 bits per heavy atom. The van der Waals surface area contributed by atoms with Crippen LogP contribution in [0, 0.1) is 0 Å². The zero-order valence-electron chi connectivity index (χ0n) is 10.7. The minimum Gasteiger partial charge on any atom is -0.478 e. The topological polar surface area (TPSA) is 54.4 Å². The van der Waals surface area contributed by atoms with E-state index >= 15 is 0 Å². The summed E-state index contributed by atoms with van der Waals surface area (Å²) in [6.07, 6.45) is 2.96. The van der Waals surface area contributed by atoms with Crippen LogP contribution in [0.1, 0.15) is 26.3 Å². The van der Waals surface area contributed by atoms with E-state index in [0.29, 0.717) is 21.2 Å². The third-order valence-electron chi connectivity index (χ3n) is 2.78. The zero-order valence-corrected chi connectivity index (χ0v) is 12.2. The standard InChI is InChI=1S/C16H10Cl2O3/c17-12-6-7-14(18)13(9-12)15(19)8-3-10-1-4-11(5-2-10)16(20)21/h1-9H,(H,20,21)/b8-3+. The predicted octanol–water partition coefficient (Wildman–Crippen LogP) is 4.59. The van der Waals surface area contributed by atoms with Gasteiger partial charge < -0.3 is 5.11 Å². The molecule has 2 aromatic carbocycles. The van der Waals surface area contributed by atoms with Gasteiger partial charge in [-0.05, 0) is 42.0 Å². The molecule has 0 fully saturated rings. The predicted molar refractivity (Wildman–Crippen MR) is 83.2 cm³/mol. The lowest BCUT2D eigenvalue weighted by Gasteiger charge is -2.00. The van der Waals surface area contributed by atoms with Crippen LogP contribution in [0.15, 0.2) is 48.5 Å². The van der Waals surface area contributed by atoms with Gasteiger partial charge in [0.2, 0.25) is 0 Å². The molecule has 0 unspecified atom stereocenters. The van der Waals surface area contributed by atoms with Crippen molar-refractivity contribution in [2.24, 2.45) is 0 Å². The van der Waals surface area contributed by atoms with E-state index in [0.717, 1.165) is 0 Å². The molecule has 2 aromatic rings. The highest BCUT2D eigenvalue weighted by molar-refractivity contribution is 6.36. The van der Waals surface area contributed by atoms with Crippen molar-refractivity contribution in [1.29, 1.82) is 0 Å². The Bertz CT molecular complexity index is 719. The quantitative estimate of drug-likeness (QED) is 0.662. The number of hydrogen-bond acceptors (Lipinski definition) is 2. The lowest BCUT2D eigenvalue weighted by molar-refractivity contribution is 0.0696. The Morgan fingerprint density at radius 3 is 2.29 bits per heavy atom. The van der Waals surface area contributed by atoms with Crippen LogP contribution in [0.3, 0.4) is 0 Å². The second-order valence-electron chi connectivity index (χ2n) is 4.25. The first-order chi connectivity index (χ1) is 9.97. The summed E-state index contributed by atoms with van der Waals surface area (Å²) in [5.41, 5.74) is 1.23. The smallest absolute Gasteiger partial charge is 0.335 e. The molecule has 0 radical (unpaired) electrons. The number of ketones is 1. The van der Waals surface area contributed by atoms with Crippen LogP contribution in [0.5, 0.6) is 0 Å². The molecule has 21 heavy (non-hydrogen) atoms. The lowest BCUT2D eigenvalue weighted by atomic mass is 10.1. The molecule has 0 aliphatic rings. The Morgan fingerprint density at radius 2 is 1.67 bits per heavy atom. The Labute approximate surface area is 131 Å². The third kappa shape index (κ3) is 3.94. The van der Waals surface area contributed by atoms with Crippen molar-refractivity contribution >= 4 is 41.0 Å². The van der Waals surface area contributed by atoms with Gasteiger partial charge in [0.1, 0.15) is 0 Å². The fourth-order valence-corrected chi connectivity index (χ4v) is 2.07. The minimum absolute atomic E-state index is 0.191. The second-order valence-corrected chi connectivity index (χ2v) is 5.09. The van der Waals surface area contributed by atoms with E-state index in [2.05, 4.69) is 0 Å². The van der Waals surface area contributed by atoms with Crippen molar-refractivity contribution in [1.82, 2.24) is 0 Å². The van der Waals surface area contributed by atoms with Gasteiger partial charge in [-0.25, -0.2) is 4.79 Å². The first-order valence-corrected chi connectivity index (χ1v) is 6.74. The number of carbonyl (C=O) groups is 2. The maximum absolute atomic E-state index is 12.0. The van der Waals surface area contributed by atoms with Crippen molar-refractivity contribution in [3.05, 3.63) is 75.3 Å². The molecule has 0 spiro atoms. The summed E-state index contributed by atoms with van der Waals surface area (Å²) in [4.78, 5) is 22.8. The zero-order chi connectivity index (χ0) is 15.4. The largest absolute Gasteiger partial charge is 0.478 e. The third-order valence-corrected chi connectivity index (χ3v) is 3.34. The highest BCUT2D eigenvalue weighted by Gasteiger charge is 2.08. The fraction of sp³-hybridized carbons (Fsp3) is 0. The molecule has 0 aromatic heterocycles. The van der Waals surface area contributed by atoms with Gasteiger partial charge in [0.25, 0.3) is 0 Å². The van der Waals surface area contributed by atoms with Gasteiger partial charge in [-0.1, -0.05) is 41.4 Å². The summed E-state index contributed by atoms with van der Waals surface area (Å²) in [5, 5.41) is 9.56. The molecule has 106 valence electrons. The van der Waals surface area contributed by atoms with Gasteiger partial charge in [0.05, 0.1) is 10.6 Å². The number of allylic oxidation sites excluding steroid dienone is 1. The average molecular weight is 321 g/mol. The molecular formula is C16H10Cl2O3. The molecule has 0 aliphatic carbocycles. The van der Waals surface area contributed by atoms with Crippen molar-refractivity contribution in [2.45, 2.75) is 0 Å². The molecule has 5 heteroatoms. The van der Waals surface area contributed by atoms with Gasteiger partial charge in [0, 0.05) is 10.6 Å². The highest BCUT2D eigenvalue weighted by Crippen LogP contribution is 2.21. The molecule has 1 N–H and O–H groups in total. The minimum atomic E-state index is -0.993. The summed E-state index contributed by atoms with van der Waals surface area (Å²) in [6.45, 7) is 0. The summed E-state index contributed by atoms with van der Waals surface area (Å²) in [5.74, 6) is -1.27. The Balaban J connectivity index is 2.18. The van der Waals surface area contributed by atoms with Gasteiger partial charge in [-0.2, -0.15) is 0 Å². The van der Waals surface area contributed by atoms with E-state index in [1.54, 1.807) is 30.3 Å². The van der Waals surface area contributed by atoms with Crippen molar-refractivity contribution in [3.8, 4) is 0 Å². The number of benzene rings is 2. The van der Waals surface area contributed by atoms with Crippen LogP contribution in [-0.2, 0) is 0 Å². The summed E-state index contributed by atoms with van der Waals surface area (Å²) in [7, 11) is 0. The first-order valence-electron chi connectivity index (χ1n) is 5.98. The van der Waals surface area contributed by atoms with Crippen LogP contribution in [-0.4, -0.2) is 16.9 Å². The number of aromatic carboxylic acids is 1. The molecular weight excluding hydrogens is 311 g/mol. The lowest BCUT2D eigenvalue weighted by Crippen LogP contribution is -1.96. The number of carboxylic acid groups (broad SMARTS) is 1. The molecule has 0 amide bonds. The summed E-state index contributed by atoms with van der Waals surface area (Å²) in [6, 6.07) is 10.9. The molecule has 0 saturated heterocycles. The molecule has 0 bridgehead atoms. The van der Waals surface area contributed by atoms with E-state index in [4.69, 9.17) is 28.3 Å². The first kappa shape index (κ1) is 15.3. The van der Waals surface area contributed by atoms with Crippen molar-refractivity contribution in [3.63, 3.8) is 0 Å². The van der Waals surface area contributed by atoms with Crippen LogP contribution in [0.25, 0.3) is 6.08 Å². The van der Waals surface area contributed by atoms with Gasteiger partial charge in [-0.15, -0.1) is 0 Å². The summed E-state index contributed by atoms with van der Waals surface area (Å²) >= 11 is 11.8. The van der Waals surface area contributed by atoms with E-state index in [9.17, 15) is 9.59 Å². The van der Waals surface area contributed by atoms with E-state index < -0.39 is 5.97 Å². The number of halogens is 2. The van der Waals surface area contributed by atoms with Crippen molar-refractivity contribution < 1.29 is 14.7 Å². The fourth-order valence-electron chi connectivity index (χ4n) is 1.68. The average Bonchev–Trinajstić information content (AvgIpc) is 2.47. The van der Waals surface area contributed by atoms with Crippen LogP contribution in [0.2, 0.25) is 10.0 Å². The van der Waals surface area contributed by atoms with Gasteiger partial charge in [0.15, 0.2) is 5.78 Å². The maximum Gasteiger partial charge on any atom is 0.335 e. The number of hydrogen-bond donors (Lipinski definition) is 1. The SMILES string of the molecule is O=C(O)c1ccc(/C=C/C(=O)c2cc(Cl)ccc2Cl)cc1. The molecule has 0 aliphatic heterocycles. The normalized spacial score (nSPS) is 10.8. The van der Waals surface area contributed by atoms with E-state index in [1.165, 1.54) is 24.3 Å². The van der Waals surface area contributed by atoms with Crippen LogP contribution < -0.4 is 0 Å². The molecule has 0 atom stereocenters. The van der Waals surface area contributed by atoms with E-state index in [1.807, 2.05) is 0 Å². The van der Waals surface area contributed by atoms with Crippen LogP contribution in [0.4, 0.5) is 0 Å². The van der Waals surface area contributed by atoms with Gasteiger partial charge >= 0.3 is 5.97 Å². The van der Waals surface area contributed by atoms with Crippen molar-refractivity contribution in [2.75, 3.05) is 0 Å². The molecule has 3 nitrogen and oxygen atoms in total. The van der Waals surface area contributed by atoms with E-state index in [-0.39, 0.29) is 11.3 Å². The van der Waals surface area contributed by atoms with Crippen LogP contribution >= 0.6 is 23.2 Å². The summed E-state index contributed by atoms with van der Waals surface area (Å²) < 4.78 is 0. The second kappa shape index (κ2) is 6.57. The number of rotatable bonds is 4. The molecule has 0 heterocycles. The maximum atomic E-state index is 12.0. The Kier molecular flexibility index (Phi) is 4.78. The molecule has 2 rings (SSSR count). The monoisotopic (exact) mass is 320 g/mol.